The molecule has 2 saturated heterocycles. The molecule has 300 valence electrons. The molecule has 1 aromatic rings. The summed E-state index contributed by atoms with van der Waals surface area (Å²) in [5, 5.41) is 14.5. The molecule has 4 rings (SSSR count). The first-order chi connectivity index (χ1) is 25.2. The highest BCUT2D eigenvalue weighted by Gasteiger charge is 2.64. The first kappa shape index (κ1) is 43.4. The molecule has 8 atom stereocenters. The number of benzene rings is 1. The second-order valence-electron chi connectivity index (χ2n) is 15.4. The Labute approximate surface area is 328 Å². The Morgan fingerprint density at radius 2 is 1.94 bits per heavy atom. The number of esters is 1. The number of anilines is 1. The van der Waals surface area contributed by atoms with E-state index in [0.29, 0.717) is 24.3 Å². The van der Waals surface area contributed by atoms with Crippen molar-refractivity contribution in [1.82, 2.24) is 10.2 Å². The molecule has 0 spiro atoms. The van der Waals surface area contributed by atoms with Gasteiger partial charge in [-0.2, -0.15) is 11.8 Å². The number of ether oxygens (including phenoxy) is 5. The number of amides is 3. The average Bonchev–Trinajstić information content (AvgIpc) is 3.82. The van der Waals surface area contributed by atoms with Gasteiger partial charge in [0.25, 0.3) is 0 Å². The number of allylic oxidation sites excluding steroid dienone is 3. The van der Waals surface area contributed by atoms with Gasteiger partial charge in [-0.3, -0.25) is 14.9 Å². The van der Waals surface area contributed by atoms with E-state index in [0.717, 1.165) is 11.1 Å². The molecule has 4 bridgehead atoms. The Kier molecular flexibility index (Phi) is 13.9. The maximum atomic E-state index is 14.2. The zero-order chi connectivity index (χ0) is 40.3. The number of nitrogens with one attached hydrogen (secondary N) is 1. The van der Waals surface area contributed by atoms with Crippen LogP contribution < -0.4 is 15.0 Å². The van der Waals surface area contributed by atoms with Gasteiger partial charge >= 0.3 is 12.1 Å². The maximum absolute atomic E-state index is 14.2. The summed E-state index contributed by atoms with van der Waals surface area (Å²) in [6.07, 6.45) is 3.84. The predicted octanol–water partition coefficient (Wildman–Crippen LogP) is 5.44. The number of likely N-dealkylation sites (N-methyl/N-ethyl adjacent to an activating group) is 1. The van der Waals surface area contributed by atoms with Crippen LogP contribution in [0.5, 0.6) is 5.75 Å². The lowest BCUT2D eigenvalue weighted by Gasteiger charge is -2.42. The van der Waals surface area contributed by atoms with E-state index >= 15 is 0 Å². The van der Waals surface area contributed by atoms with Gasteiger partial charge in [0, 0.05) is 44.7 Å². The largest absolute Gasteiger partial charge is 0.495 e. The van der Waals surface area contributed by atoms with Gasteiger partial charge in [-0.25, -0.2) is 9.59 Å². The second-order valence-corrected chi connectivity index (χ2v) is 17.3. The highest BCUT2D eigenvalue weighted by molar-refractivity contribution is 7.99. The number of halogens is 1. The SMILES string of the molecule is COc1cc2cc(c1Cl)N(C)C(=O)CC(OC(=O)[C@H](C)N(C)C(=O)CCC(C)(C)SC)C1(C)OC1C(C)C1CC(O)(NC(=O)O1)C(OC)/C=C/C=C(\C)C2. The van der Waals surface area contributed by atoms with E-state index in [1.165, 1.54) is 24.0 Å². The molecule has 1 aromatic carbocycles. The van der Waals surface area contributed by atoms with E-state index < -0.39 is 65.7 Å². The van der Waals surface area contributed by atoms with Crippen LogP contribution in [-0.4, -0.2) is 115 Å². The van der Waals surface area contributed by atoms with Gasteiger partial charge in [0.2, 0.25) is 11.8 Å². The molecule has 2 N–H and O–H groups in total. The summed E-state index contributed by atoms with van der Waals surface area (Å²) < 4.78 is 29.2. The van der Waals surface area contributed by atoms with Crippen molar-refractivity contribution in [3.63, 3.8) is 0 Å². The molecule has 15 heteroatoms. The Morgan fingerprint density at radius 3 is 2.57 bits per heavy atom. The van der Waals surface area contributed by atoms with Crippen molar-refractivity contribution in [1.29, 1.82) is 0 Å². The molecule has 0 radical (unpaired) electrons. The molecule has 0 aliphatic carbocycles. The lowest BCUT2D eigenvalue weighted by atomic mass is 9.83. The van der Waals surface area contributed by atoms with E-state index in [-0.39, 0.29) is 34.9 Å². The first-order valence-electron chi connectivity index (χ1n) is 18.1. The number of fused-ring (bicyclic) bond motifs is 5. The molecule has 3 amide bonds. The monoisotopic (exact) mass is 793 g/mol. The molecule has 13 nitrogen and oxygen atoms in total. The van der Waals surface area contributed by atoms with E-state index in [2.05, 4.69) is 19.2 Å². The quantitative estimate of drug-likeness (QED) is 0.243. The second kappa shape index (κ2) is 17.2. The molecule has 3 aliphatic rings. The van der Waals surface area contributed by atoms with Crippen molar-refractivity contribution in [2.24, 2.45) is 5.92 Å². The van der Waals surface area contributed by atoms with Crippen LogP contribution in [0.1, 0.15) is 72.8 Å². The third-order valence-corrected chi connectivity index (χ3v) is 12.7. The number of alkyl carbamates (subject to hydrolysis) is 1. The van der Waals surface area contributed by atoms with Crippen LogP contribution in [-0.2, 0) is 39.8 Å². The minimum Gasteiger partial charge on any atom is -0.495 e. The number of nitrogens with zero attached hydrogens (tertiary/aromatic N) is 2. The molecule has 2 fully saturated rings. The van der Waals surface area contributed by atoms with Gasteiger partial charge in [0.05, 0.1) is 25.3 Å². The first-order valence-corrected chi connectivity index (χ1v) is 19.7. The topological polar surface area (TPSA) is 156 Å². The van der Waals surface area contributed by atoms with E-state index in [1.807, 2.05) is 19.3 Å². The van der Waals surface area contributed by atoms with Crippen molar-refractivity contribution in [3.8, 4) is 5.75 Å². The maximum Gasteiger partial charge on any atom is 0.409 e. The summed E-state index contributed by atoms with van der Waals surface area (Å²) in [4.78, 5) is 56.8. The van der Waals surface area contributed by atoms with Crippen LogP contribution >= 0.6 is 23.4 Å². The van der Waals surface area contributed by atoms with E-state index in [1.54, 1.807) is 70.9 Å². The Bertz CT molecular complexity index is 1650. The number of epoxide rings is 1. The Hall–Kier alpha value is -3.30. The number of hydrogen-bond acceptors (Lipinski definition) is 11. The summed E-state index contributed by atoms with van der Waals surface area (Å²) in [5.41, 5.74) is -0.894. The molecular weight excluding hydrogens is 738 g/mol. The van der Waals surface area contributed by atoms with E-state index in [4.69, 9.17) is 35.3 Å². The highest BCUT2D eigenvalue weighted by Crippen LogP contribution is 2.49. The molecular formula is C39H56ClN3O10S. The van der Waals surface area contributed by atoms with E-state index in [9.17, 15) is 24.3 Å². The minimum absolute atomic E-state index is 0.0467. The lowest BCUT2D eigenvalue weighted by Crippen LogP contribution is -2.63. The van der Waals surface area contributed by atoms with Crippen molar-refractivity contribution in [3.05, 3.63) is 46.5 Å². The lowest BCUT2D eigenvalue weighted by molar-refractivity contribution is -0.162. The minimum atomic E-state index is -1.82. The van der Waals surface area contributed by atoms with Crippen LogP contribution in [0, 0.1) is 5.92 Å². The van der Waals surface area contributed by atoms with Crippen LogP contribution in [0.15, 0.2) is 35.9 Å². The van der Waals surface area contributed by atoms with Crippen LogP contribution in [0.2, 0.25) is 5.02 Å². The smallest absolute Gasteiger partial charge is 0.409 e. The number of hydrogen-bond donors (Lipinski definition) is 2. The Balaban J connectivity index is 1.73. The zero-order valence-corrected chi connectivity index (χ0v) is 34.8. The highest BCUT2D eigenvalue weighted by atomic mass is 35.5. The van der Waals surface area contributed by atoms with Crippen LogP contribution in [0.4, 0.5) is 10.5 Å². The van der Waals surface area contributed by atoms with Crippen molar-refractivity contribution < 1.29 is 48.0 Å². The summed E-state index contributed by atoms with van der Waals surface area (Å²) in [6.45, 7) is 11.2. The molecule has 54 heavy (non-hydrogen) atoms. The fourth-order valence-corrected chi connectivity index (χ4v) is 7.52. The number of rotatable bonds is 9. The van der Waals surface area contributed by atoms with Gasteiger partial charge in [-0.1, -0.05) is 56.2 Å². The predicted molar refractivity (Wildman–Crippen MR) is 208 cm³/mol. The molecule has 7 unspecified atom stereocenters. The summed E-state index contributed by atoms with van der Waals surface area (Å²) in [7, 11) is 6.07. The van der Waals surface area contributed by atoms with Crippen LogP contribution in [0.25, 0.3) is 0 Å². The number of thioether (sulfide) groups is 1. The molecule has 0 aromatic heterocycles. The summed E-state index contributed by atoms with van der Waals surface area (Å²) >= 11 is 8.43. The van der Waals surface area contributed by atoms with Crippen molar-refractivity contribution in [2.75, 3.05) is 39.5 Å². The molecule has 3 heterocycles. The number of carbonyl (C=O) groups excluding carboxylic acids is 4. The number of aliphatic hydroxyl groups is 1. The molecule has 3 aliphatic heterocycles. The zero-order valence-electron chi connectivity index (χ0n) is 33.2. The van der Waals surface area contributed by atoms with Crippen LogP contribution in [0.3, 0.4) is 0 Å². The third-order valence-electron chi connectivity index (χ3n) is 11.0. The number of methoxy groups -OCH3 is 2. The van der Waals surface area contributed by atoms with Gasteiger partial charge in [0.15, 0.2) is 5.72 Å². The Morgan fingerprint density at radius 1 is 1.26 bits per heavy atom. The number of carbonyl (C=O) groups is 4. The fraction of sp³-hybridized carbons (Fsp3) is 0.641. The summed E-state index contributed by atoms with van der Waals surface area (Å²) in [5.74, 6) is -1.50. The van der Waals surface area contributed by atoms with Crippen molar-refractivity contribution in [2.45, 2.75) is 120 Å². The fourth-order valence-electron chi connectivity index (χ4n) is 6.90. The third kappa shape index (κ3) is 9.73. The van der Waals surface area contributed by atoms with Gasteiger partial charge < -0.3 is 38.6 Å². The average molecular weight is 794 g/mol. The van der Waals surface area contributed by atoms with Gasteiger partial charge in [-0.15, -0.1) is 0 Å². The summed E-state index contributed by atoms with van der Waals surface area (Å²) in [6, 6.07) is 2.63. The van der Waals surface area contributed by atoms with Crippen molar-refractivity contribution >= 4 is 52.9 Å². The van der Waals surface area contributed by atoms with Gasteiger partial charge in [-0.05, 0) is 57.6 Å². The molecule has 0 saturated carbocycles. The standard InChI is InChI=1S/C39H56ClN3O10S/c1-22-13-12-14-29(50-10)39(48)21-28(51-36(47)41-39)23(2)34-38(6,53-34)30(52-35(46)24(3)42(7)31(44)15-16-37(4,5)54-11)20-32(45)43(8)26-18-25(17-22)19-27(49-9)33(26)40/h12-14,18-19,23-24,28-30,34,48H,15-17,20-21H2,1-11H3,(H,41,47)/b14-12+,22-13+/t23?,24-,28?,29?,30?,34?,38?,39?/m0/s1. The normalized spacial score (nSPS) is 31.2. The van der Waals surface area contributed by atoms with Gasteiger partial charge in [0.1, 0.15) is 40.7 Å².